The topological polar surface area (TPSA) is 110 Å². The summed E-state index contributed by atoms with van der Waals surface area (Å²) in [5.41, 5.74) is 3.44. The van der Waals surface area contributed by atoms with Crippen molar-refractivity contribution < 1.29 is 23.9 Å². The quantitative estimate of drug-likeness (QED) is 0.365. The first-order valence-corrected chi connectivity index (χ1v) is 12.9. The molecular weight excluding hydrogens is 492 g/mol. The van der Waals surface area contributed by atoms with Gasteiger partial charge in [0.15, 0.2) is 0 Å². The van der Waals surface area contributed by atoms with Crippen molar-refractivity contribution in [1.29, 1.82) is 0 Å². The molecule has 37 heavy (non-hydrogen) atoms. The maximum atomic E-state index is 13.1. The van der Waals surface area contributed by atoms with E-state index in [1.54, 1.807) is 25.6 Å². The third-order valence-electron chi connectivity index (χ3n) is 5.31. The predicted octanol–water partition coefficient (Wildman–Crippen LogP) is 4.35. The van der Waals surface area contributed by atoms with Gasteiger partial charge in [0.05, 0.1) is 16.4 Å². The summed E-state index contributed by atoms with van der Waals surface area (Å²) in [6, 6.07) is 18.2. The number of carbonyl (C=O) groups is 3. The monoisotopic (exact) mass is 524 g/mol. The molecule has 0 spiro atoms. The zero-order valence-electron chi connectivity index (χ0n) is 21.0. The molecule has 9 nitrogen and oxygen atoms in total. The van der Waals surface area contributed by atoms with Crippen molar-refractivity contribution >= 4 is 29.4 Å². The Morgan fingerprint density at radius 3 is 2.24 bits per heavy atom. The van der Waals surface area contributed by atoms with Gasteiger partial charge in [0.1, 0.15) is 13.2 Å². The van der Waals surface area contributed by atoms with Crippen molar-refractivity contribution in [2.24, 2.45) is 5.92 Å². The van der Waals surface area contributed by atoms with Gasteiger partial charge in [-0.05, 0) is 11.1 Å². The molecule has 0 fully saturated rings. The summed E-state index contributed by atoms with van der Waals surface area (Å²) in [5, 5.41) is 5.62. The van der Waals surface area contributed by atoms with Crippen molar-refractivity contribution in [2.75, 3.05) is 13.1 Å². The summed E-state index contributed by atoms with van der Waals surface area (Å²) in [6.45, 7) is 4.24. The number of rotatable bonds is 12. The minimum atomic E-state index is -0.616. The van der Waals surface area contributed by atoms with Gasteiger partial charge in [0, 0.05) is 31.7 Å². The summed E-state index contributed by atoms with van der Waals surface area (Å²) in [4.78, 5) is 44.2. The van der Waals surface area contributed by atoms with Gasteiger partial charge in [-0.25, -0.2) is 9.59 Å². The second-order valence-electron chi connectivity index (χ2n) is 8.69. The third kappa shape index (κ3) is 9.92. The van der Waals surface area contributed by atoms with Crippen LogP contribution in [0.4, 0.5) is 9.59 Å². The predicted molar refractivity (Wildman–Crippen MR) is 141 cm³/mol. The average Bonchev–Trinajstić information content (AvgIpc) is 3.43. The van der Waals surface area contributed by atoms with E-state index in [0.717, 1.165) is 16.0 Å². The number of thiazole rings is 1. The van der Waals surface area contributed by atoms with E-state index < -0.39 is 18.2 Å². The Hall–Kier alpha value is -3.92. The number of nitrogens with zero attached hydrogens (tertiary/aromatic N) is 2. The zero-order valence-corrected chi connectivity index (χ0v) is 21.8. The SMILES string of the molecule is CC(C)C(=O)NC(CNC(=O)OCc1ccccc1)CN(Cc1ccccc1)C(=O)OCc1cncs1. The van der Waals surface area contributed by atoms with E-state index in [-0.39, 0.29) is 44.7 Å². The molecule has 3 rings (SSSR count). The Labute approximate surface area is 220 Å². The van der Waals surface area contributed by atoms with Crippen LogP contribution in [0, 0.1) is 5.92 Å². The number of amides is 3. The standard InChI is InChI=1S/C27H32N4O5S/c1-20(2)25(32)30-23(13-29-26(33)35-17-22-11-7-4-8-12-22)16-31(15-21-9-5-3-6-10-21)27(34)36-18-24-14-28-19-37-24/h3-12,14,19-20,23H,13,15-18H2,1-2H3,(H,29,33)(H,30,32). The van der Waals surface area contributed by atoms with Gasteiger partial charge in [-0.2, -0.15) is 0 Å². The number of hydrogen-bond donors (Lipinski definition) is 2. The van der Waals surface area contributed by atoms with Crippen LogP contribution in [0.15, 0.2) is 72.4 Å². The van der Waals surface area contributed by atoms with Gasteiger partial charge in [-0.3, -0.25) is 9.78 Å². The number of ether oxygens (including phenoxy) is 2. The molecule has 0 radical (unpaired) electrons. The van der Waals surface area contributed by atoms with E-state index >= 15 is 0 Å². The molecule has 3 aromatic rings. The molecule has 0 bridgehead atoms. The number of hydrogen-bond acceptors (Lipinski definition) is 7. The molecule has 1 atom stereocenters. The van der Waals surface area contributed by atoms with E-state index in [0.29, 0.717) is 0 Å². The zero-order chi connectivity index (χ0) is 26.5. The van der Waals surface area contributed by atoms with Gasteiger partial charge < -0.3 is 25.0 Å². The smallest absolute Gasteiger partial charge is 0.410 e. The van der Waals surface area contributed by atoms with Crippen LogP contribution >= 0.6 is 11.3 Å². The van der Waals surface area contributed by atoms with E-state index in [1.807, 2.05) is 60.7 Å². The highest BCUT2D eigenvalue weighted by Gasteiger charge is 2.24. The lowest BCUT2D eigenvalue weighted by Gasteiger charge is -2.28. The second kappa shape index (κ2) is 14.6. The molecule has 1 aromatic heterocycles. The lowest BCUT2D eigenvalue weighted by atomic mass is 10.1. The molecule has 196 valence electrons. The fourth-order valence-electron chi connectivity index (χ4n) is 3.32. The first kappa shape index (κ1) is 27.7. The second-order valence-corrected chi connectivity index (χ2v) is 9.66. The van der Waals surface area contributed by atoms with Crippen molar-refractivity contribution in [3.05, 3.63) is 88.4 Å². The maximum absolute atomic E-state index is 13.1. The van der Waals surface area contributed by atoms with Crippen molar-refractivity contribution in [1.82, 2.24) is 20.5 Å². The van der Waals surface area contributed by atoms with Gasteiger partial charge in [0.25, 0.3) is 0 Å². The minimum absolute atomic E-state index is 0.0689. The van der Waals surface area contributed by atoms with E-state index in [1.165, 1.54) is 16.2 Å². The highest BCUT2D eigenvalue weighted by atomic mass is 32.1. The van der Waals surface area contributed by atoms with Crippen molar-refractivity contribution in [3.8, 4) is 0 Å². The Balaban J connectivity index is 1.66. The van der Waals surface area contributed by atoms with Crippen LogP contribution in [-0.2, 0) is 34.0 Å². The summed E-state index contributed by atoms with van der Waals surface area (Å²) >= 11 is 1.40. The van der Waals surface area contributed by atoms with Crippen LogP contribution in [0.2, 0.25) is 0 Å². The molecule has 0 aliphatic rings. The third-order valence-corrected chi connectivity index (χ3v) is 6.07. The Morgan fingerprint density at radius 2 is 1.62 bits per heavy atom. The van der Waals surface area contributed by atoms with Crippen LogP contribution in [0.25, 0.3) is 0 Å². The van der Waals surface area contributed by atoms with Crippen molar-refractivity contribution in [3.63, 3.8) is 0 Å². The lowest BCUT2D eigenvalue weighted by Crippen LogP contribution is -2.52. The first-order valence-electron chi connectivity index (χ1n) is 12.0. The fraction of sp³-hybridized carbons (Fsp3) is 0.333. The summed E-state index contributed by atoms with van der Waals surface area (Å²) in [5.74, 6) is -0.462. The van der Waals surface area contributed by atoms with Crippen LogP contribution < -0.4 is 10.6 Å². The van der Waals surface area contributed by atoms with Crippen LogP contribution in [0.5, 0.6) is 0 Å². The molecule has 0 saturated heterocycles. The van der Waals surface area contributed by atoms with Crippen LogP contribution in [0.1, 0.15) is 29.9 Å². The molecule has 0 saturated carbocycles. The molecule has 0 aliphatic heterocycles. The Bertz CT molecular complexity index is 1110. The largest absolute Gasteiger partial charge is 0.445 e. The van der Waals surface area contributed by atoms with Gasteiger partial charge in [0.2, 0.25) is 5.91 Å². The summed E-state index contributed by atoms with van der Waals surface area (Å²) in [7, 11) is 0. The molecular formula is C27H32N4O5S. The number of alkyl carbamates (subject to hydrolysis) is 1. The van der Waals surface area contributed by atoms with Crippen LogP contribution in [0.3, 0.4) is 0 Å². The summed E-state index contributed by atoms with van der Waals surface area (Å²) in [6.07, 6.45) is 0.499. The lowest BCUT2D eigenvalue weighted by molar-refractivity contribution is -0.124. The summed E-state index contributed by atoms with van der Waals surface area (Å²) < 4.78 is 10.8. The molecule has 0 aliphatic carbocycles. The number of carbonyl (C=O) groups excluding carboxylic acids is 3. The van der Waals surface area contributed by atoms with Gasteiger partial charge in [-0.1, -0.05) is 74.5 Å². The number of benzene rings is 2. The van der Waals surface area contributed by atoms with Crippen LogP contribution in [-0.4, -0.2) is 47.1 Å². The molecule has 2 aromatic carbocycles. The minimum Gasteiger partial charge on any atom is -0.445 e. The average molecular weight is 525 g/mol. The van der Waals surface area contributed by atoms with E-state index in [4.69, 9.17) is 9.47 Å². The fourth-order valence-corrected chi connectivity index (χ4v) is 3.83. The highest BCUT2D eigenvalue weighted by Crippen LogP contribution is 2.12. The Kier molecular flexibility index (Phi) is 10.9. The molecule has 1 heterocycles. The highest BCUT2D eigenvalue weighted by molar-refractivity contribution is 7.09. The van der Waals surface area contributed by atoms with E-state index in [9.17, 15) is 14.4 Å². The first-order chi connectivity index (χ1) is 17.9. The van der Waals surface area contributed by atoms with Gasteiger partial charge in [-0.15, -0.1) is 11.3 Å². The molecule has 10 heteroatoms. The molecule has 2 N–H and O–H groups in total. The number of nitrogens with one attached hydrogen (secondary N) is 2. The van der Waals surface area contributed by atoms with Gasteiger partial charge >= 0.3 is 12.2 Å². The molecule has 1 unspecified atom stereocenters. The normalized spacial score (nSPS) is 11.4. The number of aromatic nitrogens is 1. The van der Waals surface area contributed by atoms with Crippen molar-refractivity contribution in [2.45, 2.75) is 39.6 Å². The molecule has 3 amide bonds. The maximum Gasteiger partial charge on any atom is 0.410 e. The Morgan fingerprint density at radius 1 is 0.946 bits per heavy atom. The van der Waals surface area contributed by atoms with E-state index in [2.05, 4.69) is 15.6 Å².